The lowest BCUT2D eigenvalue weighted by Gasteiger charge is -2.36. The Morgan fingerprint density at radius 2 is 1.18 bits per heavy atom. The van der Waals surface area contributed by atoms with Crippen molar-refractivity contribution >= 4 is 23.8 Å². The van der Waals surface area contributed by atoms with E-state index in [9.17, 15) is 19.2 Å². The average molecular weight is 531 g/mol. The van der Waals surface area contributed by atoms with Gasteiger partial charge in [-0.15, -0.1) is 0 Å². The van der Waals surface area contributed by atoms with E-state index < -0.39 is 47.5 Å². The van der Waals surface area contributed by atoms with Crippen LogP contribution in [0.5, 0.6) is 0 Å². The summed E-state index contributed by atoms with van der Waals surface area (Å²) in [7, 11) is 0. The summed E-state index contributed by atoms with van der Waals surface area (Å²) in [6.45, 7) is 3.35. The van der Waals surface area contributed by atoms with Crippen LogP contribution in [0.3, 0.4) is 0 Å². The van der Waals surface area contributed by atoms with Gasteiger partial charge in [-0.2, -0.15) is 0 Å². The quantitative estimate of drug-likeness (QED) is 0.257. The summed E-state index contributed by atoms with van der Waals surface area (Å²) in [6.07, 6.45) is -0.578. The van der Waals surface area contributed by atoms with Crippen LogP contribution in [0.15, 0.2) is 91.0 Å². The highest BCUT2D eigenvalue weighted by Gasteiger charge is 2.41. The lowest BCUT2D eigenvalue weighted by molar-refractivity contribution is -0.157. The molecule has 8 heteroatoms. The molecule has 2 amide bonds. The number of nitrogens with one attached hydrogen (secondary N) is 1. The molecule has 0 radical (unpaired) electrons. The van der Waals surface area contributed by atoms with Gasteiger partial charge < -0.3 is 20.5 Å². The number of nitrogens with two attached hydrogens (primary N) is 1. The Labute approximate surface area is 228 Å². The molecule has 3 N–H and O–H groups in total. The van der Waals surface area contributed by atoms with Gasteiger partial charge in [0.05, 0.1) is 31.0 Å². The fourth-order valence-corrected chi connectivity index (χ4v) is 4.80. The van der Waals surface area contributed by atoms with Crippen molar-refractivity contribution in [2.75, 3.05) is 13.2 Å². The topological polar surface area (TPSA) is 125 Å². The van der Waals surface area contributed by atoms with Crippen molar-refractivity contribution in [1.82, 2.24) is 5.32 Å². The van der Waals surface area contributed by atoms with E-state index in [-0.39, 0.29) is 19.6 Å². The second kappa shape index (κ2) is 13.9. The van der Waals surface area contributed by atoms with Crippen molar-refractivity contribution in [3.63, 3.8) is 0 Å². The first-order valence-corrected chi connectivity index (χ1v) is 12.9. The van der Waals surface area contributed by atoms with Crippen LogP contribution in [-0.4, -0.2) is 43.0 Å². The van der Waals surface area contributed by atoms with Gasteiger partial charge in [0.1, 0.15) is 6.04 Å². The monoisotopic (exact) mass is 530 g/mol. The molecular weight excluding hydrogens is 496 g/mol. The molecule has 0 spiro atoms. The molecule has 3 rings (SSSR count). The molecule has 0 saturated carbocycles. The summed E-state index contributed by atoms with van der Waals surface area (Å²) < 4.78 is 10.1. The number of rotatable bonds is 13. The highest BCUT2D eigenvalue weighted by atomic mass is 16.5. The highest BCUT2D eigenvalue weighted by Crippen LogP contribution is 2.42. The number of carbonyl (C=O) groups excluding carboxylic acids is 4. The van der Waals surface area contributed by atoms with Gasteiger partial charge in [0, 0.05) is 6.42 Å². The first kappa shape index (κ1) is 29.1. The van der Waals surface area contributed by atoms with E-state index in [1.165, 1.54) is 0 Å². The van der Waals surface area contributed by atoms with E-state index in [0.29, 0.717) is 0 Å². The van der Waals surface area contributed by atoms with Gasteiger partial charge in [0.25, 0.3) is 0 Å². The van der Waals surface area contributed by atoms with Crippen LogP contribution in [0, 0.1) is 5.92 Å². The van der Waals surface area contributed by atoms with Crippen LogP contribution in [0.4, 0.5) is 0 Å². The zero-order valence-electron chi connectivity index (χ0n) is 22.2. The predicted octanol–water partition coefficient (Wildman–Crippen LogP) is 3.51. The first-order valence-electron chi connectivity index (χ1n) is 12.9. The molecule has 39 heavy (non-hydrogen) atoms. The zero-order valence-corrected chi connectivity index (χ0v) is 22.2. The van der Waals surface area contributed by atoms with Gasteiger partial charge in [-0.3, -0.25) is 19.2 Å². The highest BCUT2D eigenvalue weighted by molar-refractivity contribution is 5.93. The molecule has 0 fully saturated rings. The summed E-state index contributed by atoms with van der Waals surface area (Å²) in [6, 6.07) is 27.3. The normalized spacial score (nSPS) is 12.6. The number of hydrogen-bond donors (Lipinski definition) is 2. The summed E-state index contributed by atoms with van der Waals surface area (Å²) >= 11 is 0. The number of esters is 2. The molecule has 8 nitrogen and oxygen atoms in total. The number of hydrogen-bond acceptors (Lipinski definition) is 6. The second-order valence-corrected chi connectivity index (χ2v) is 9.00. The van der Waals surface area contributed by atoms with Crippen molar-refractivity contribution < 1.29 is 28.7 Å². The molecule has 3 aromatic carbocycles. The molecule has 0 aliphatic carbocycles. The van der Waals surface area contributed by atoms with Gasteiger partial charge in [0.15, 0.2) is 0 Å². The Morgan fingerprint density at radius 1 is 0.744 bits per heavy atom. The molecule has 0 aliphatic rings. The number of carbonyl (C=O) groups is 4. The largest absolute Gasteiger partial charge is 0.466 e. The summed E-state index contributed by atoms with van der Waals surface area (Å²) in [5.41, 5.74) is 7.31. The van der Waals surface area contributed by atoms with Crippen molar-refractivity contribution in [3.8, 4) is 0 Å². The molecular formula is C31H34N2O6. The average Bonchev–Trinajstić information content (AvgIpc) is 2.95. The van der Waals surface area contributed by atoms with E-state index in [0.717, 1.165) is 16.7 Å². The molecule has 0 saturated heterocycles. The van der Waals surface area contributed by atoms with Gasteiger partial charge >= 0.3 is 11.9 Å². The predicted molar refractivity (Wildman–Crippen MR) is 146 cm³/mol. The van der Waals surface area contributed by atoms with Crippen molar-refractivity contribution in [3.05, 3.63) is 108 Å². The Morgan fingerprint density at radius 3 is 1.56 bits per heavy atom. The fourth-order valence-electron chi connectivity index (χ4n) is 4.80. The van der Waals surface area contributed by atoms with Crippen molar-refractivity contribution in [2.24, 2.45) is 11.7 Å². The van der Waals surface area contributed by atoms with Crippen LogP contribution in [0.1, 0.15) is 43.4 Å². The Balaban J connectivity index is 2.06. The molecule has 0 aliphatic heterocycles. The maximum absolute atomic E-state index is 13.8. The fraction of sp³-hybridized carbons (Fsp3) is 0.290. The summed E-state index contributed by atoms with van der Waals surface area (Å²) in [5.74, 6) is -4.37. The molecule has 0 heterocycles. The van der Waals surface area contributed by atoms with Crippen LogP contribution < -0.4 is 11.1 Å². The number of amides is 2. The van der Waals surface area contributed by atoms with E-state index >= 15 is 0 Å². The van der Waals surface area contributed by atoms with Crippen LogP contribution >= 0.6 is 0 Å². The lowest BCUT2D eigenvalue weighted by Crippen LogP contribution is -2.53. The molecule has 204 valence electrons. The molecule has 0 aromatic heterocycles. The Bertz CT molecular complexity index is 1150. The maximum Gasteiger partial charge on any atom is 0.312 e. The zero-order chi connectivity index (χ0) is 28.3. The van der Waals surface area contributed by atoms with Crippen LogP contribution in [0.25, 0.3) is 0 Å². The van der Waals surface area contributed by atoms with Gasteiger partial charge in [-0.1, -0.05) is 91.0 Å². The van der Waals surface area contributed by atoms with Gasteiger partial charge in [-0.25, -0.2) is 0 Å². The van der Waals surface area contributed by atoms with E-state index in [1.54, 1.807) is 13.8 Å². The summed E-state index contributed by atoms with van der Waals surface area (Å²) in [5, 5.41) is 2.65. The third-order valence-corrected chi connectivity index (χ3v) is 6.53. The van der Waals surface area contributed by atoms with Gasteiger partial charge in [0.2, 0.25) is 11.8 Å². The smallest absolute Gasteiger partial charge is 0.312 e. The minimum atomic E-state index is -1.49. The number of ether oxygens (including phenoxy) is 2. The maximum atomic E-state index is 13.8. The number of primary amides is 1. The van der Waals surface area contributed by atoms with Crippen molar-refractivity contribution in [1.29, 1.82) is 0 Å². The first-order chi connectivity index (χ1) is 18.8. The number of benzene rings is 3. The molecule has 2 atom stereocenters. The molecule has 0 unspecified atom stereocenters. The van der Waals surface area contributed by atoms with Gasteiger partial charge in [-0.05, 0) is 30.5 Å². The van der Waals surface area contributed by atoms with Crippen LogP contribution in [-0.2, 0) is 34.1 Å². The van der Waals surface area contributed by atoms with E-state index in [1.807, 2.05) is 91.0 Å². The van der Waals surface area contributed by atoms with Crippen molar-refractivity contribution in [2.45, 2.75) is 38.1 Å². The van der Waals surface area contributed by atoms with E-state index in [4.69, 9.17) is 15.2 Å². The van der Waals surface area contributed by atoms with E-state index in [2.05, 4.69) is 5.32 Å². The van der Waals surface area contributed by atoms with Crippen LogP contribution in [0.2, 0.25) is 0 Å². The second-order valence-electron chi connectivity index (χ2n) is 9.00. The minimum Gasteiger partial charge on any atom is -0.466 e. The minimum absolute atomic E-state index is 0.0245. The lowest BCUT2D eigenvalue weighted by atomic mass is 9.67. The third kappa shape index (κ3) is 7.10. The Kier molecular flexibility index (Phi) is 10.4. The molecule has 3 aromatic rings. The Hall–Kier alpha value is -4.46. The molecule has 0 bridgehead atoms. The SMILES string of the molecule is CCOC(=O)C[C@H](C(=O)OCC)[C@@H](NC(=O)CC(c1ccccc1)(c1ccccc1)c1ccccc1)C(N)=O. The summed E-state index contributed by atoms with van der Waals surface area (Å²) in [4.78, 5) is 51.4. The standard InChI is InChI=1S/C31H34N2O6/c1-3-38-27(35)20-25(30(37)39-4-2)28(29(32)36)33-26(34)21-31(22-14-8-5-9-15-22,23-16-10-6-11-17-23)24-18-12-7-13-19-24/h5-19,25,28H,3-4,20-21H2,1-2H3,(H2,32,36)(H,33,34)/t25-,28+/m0/s1. The third-order valence-electron chi connectivity index (χ3n) is 6.53.